The second kappa shape index (κ2) is 7.29. The van der Waals surface area contributed by atoms with Crippen molar-refractivity contribution in [1.82, 2.24) is 14.8 Å². The number of ketones is 1. The summed E-state index contributed by atoms with van der Waals surface area (Å²) in [6, 6.07) is 6.01. The first-order chi connectivity index (χ1) is 13.2. The maximum absolute atomic E-state index is 13.7. The normalized spacial score (nSPS) is 11.5. The Bertz CT molecular complexity index is 1020. The topological polar surface area (TPSA) is 64.8 Å². The van der Waals surface area contributed by atoms with E-state index in [0.29, 0.717) is 10.7 Å². The predicted octanol–water partition coefficient (Wildman–Crippen LogP) is 3.80. The van der Waals surface area contributed by atoms with Crippen LogP contribution < -0.4 is 0 Å². The highest BCUT2D eigenvalue weighted by Gasteiger charge is 2.36. The first-order valence-corrected chi connectivity index (χ1v) is 7.75. The fourth-order valence-electron chi connectivity index (χ4n) is 2.52. The van der Waals surface area contributed by atoms with Gasteiger partial charge in [-0.2, -0.15) is 18.3 Å². The van der Waals surface area contributed by atoms with E-state index in [0.717, 1.165) is 30.5 Å². The van der Waals surface area contributed by atoms with Crippen molar-refractivity contribution in [3.8, 4) is 5.82 Å². The zero-order valence-electron chi connectivity index (χ0n) is 13.9. The van der Waals surface area contributed by atoms with Crippen LogP contribution in [-0.4, -0.2) is 26.8 Å². The lowest BCUT2D eigenvalue weighted by Gasteiger charge is -2.10. The third-order valence-corrected chi connectivity index (χ3v) is 3.77. The van der Waals surface area contributed by atoms with Gasteiger partial charge in [0.1, 0.15) is 17.3 Å². The van der Waals surface area contributed by atoms with Gasteiger partial charge in [-0.1, -0.05) is 12.1 Å². The highest BCUT2D eigenvalue weighted by molar-refractivity contribution is 5.98. The first kappa shape index (κ1) is 19.3. The Morgan fingerprint density at radius 3 is 2.32 bits per heavy atom. The van der Waals surface area contributed by atoms with Gasteiger partial charge in [0, 0.05) is 12.6 Å². The molecule has 0 saturated heterocycles. The van der Waals surface area contributed by atoms with Crippen LogP contribution in [0.15, 0.2) is 42.6 Å². The van der Waals surface area contributed by atoms with Gasteiger partial charge >= 0.3 is 6.18 Å². The molecule has 0 bridgehead atoms. The van der Waals surface area contributed by atoms with Crippen molar-refractivity contribution in [2.75, 3.05) is 0 Å². The molecule has 0 aliphatic rings. The average molecular weight is 395 g/mol. The lowest BCUT2D eigenvalue weighted by Crippen LogP contribution is -2.14. The van der Waals surface area contributed by atoms with Crippen LogP contribution in [-0.2, 0) is 12.6 Å². The van der Waals surface area contributed by atoms with Crippen molar-refractivity contribution in [2.24, 2.45) is 0 Å². The molecular formula is C18H10F5N3O2. The SMILES string of the molecule is O=Cc1cc(C(F)(F)F)n(-c2ccc(CC(=O)c3c(F)cccc3F)cn2)n1. The minimum atomic E-state index is -4.77. The summed E-state index contributed by atoms with van der Waals surface area (Å²) in [6.45, 7) is 0. The van der Waals surface area contributed by atoms with Crippen molar-refractivity contribution >= 4 is 12.1 Å². The molecule has 0 aliphatic heterocycles. The van der Waals surface area contributed by atoms with Crippen LogP contribution in [0.3, 0.4) is 0 Å². The molecule has 0 aliphatic carbocycles. The molecule has 1 aromatic carbocycles. The number of halogens is 5. The Labute approximate surface area is 154 Å². The number of carbonyl (C=O) groups excluding carboxylic acids is 2. The standard InChI is InChI=1S/C18H10F5N3O2/c19-12-2-1-3-13(20)17(12)14(28)6-10-4-5-16(24-8-10)26-15(18(21,22)23)7-11(9-27)25-26/h1-5,7-9H,6H2. The van der Waals surface area contributed by atoms with Crippen LogP contribution in [0, 0.1) is 11.6 Å². The van der Waals surface area contributed by atoms with Gasteiger partial charge < -0.3 is 0 Å². The van der Waals surface area contributed by atoms with Gasteiger partial charge in [-0.3, -0.25) is 9.59 Å². The number of nitrogens with zero attached hydrogens (tertiary/aromatic N) is 3. The van der Waals surface area contributed by atoms with E-state index in [1.807, 2.05) is 0 Å². The summed E-state index contributed by atoms with van der Waals surface area (Å²) in [7, 11) is 0. The quantitative estimate of drug-likeness (QED) is 0.375. The van der Waals surface area contributed by atoms with Gasteiger partial charge in [0.25, 0.3) is 0 Å². The van der Waals surface area contributed by atoms with Crippen LogP contribution in [0.2, 0.25) is 0 Å². The maximum atomic E-state index is 13.7. The molecule has 0 unspecified atom stereocenters. The van der Waals surface area contributed by atoms with Crippen molar-refractivity contribution in [3.63, 3.8) is 0 Å². The molecule has 2 heterocycles. The number of Topliss-reactive ketones (excluding diaryl/α,β-unsaturated/α-hetero) is 1. The molecule has 0 fully saturated rings. The van der Waals surface area contributed by atoms with Gasteiger partial charge in [-0.15, -0.1) is 0 Å². The summed E-state index contributed by atoms with van der Waals surface area (Å²) >= 11 is 0. The fraction of sp³-hybridized carbons (Fsp3) is 0.111. The second-order valence-electron chi connectivity index (χ2n) is 5.70. The van der Waals surface area contributed by atoms with E-state index >= 15 is 0 Å². The third kappa shape index (κ3) is 3.80. The molecule has 0 amide bonds. The summed E-state index contributed by atoms with van der Waals surface area (Å²) < 4.78 is 67.0. The predicted molar refractivity (Wildman–Crippen MR) is 86.1 cm³/mol. The van der Waals surface area contributed by atoms with Crippen LogP contribution in [0.1, 0.15) is 32.1 Å². The molecule has 2 aromatic heterocycles. The summed E-state index contributed by atoms with van der Waals surface area (Å²) in [5, 5.41) is 3.53. The van der Waals surface area contributed by atoms with E-state index in [-0.39, 0.29) is 17.7 Å². The number of hydrogen-bond donors (Lipinski definition) is 0. The van der Waals surface area contributed by atoms with E-state index < -0.39 is 47.0 Å². The molecule has 3 rings (SSSR count). The van der Waals surface area contributed by atoms with Crippen LogP contribution in [0.4, 0.5) is 22.0 Å². The van der Waals surface area contributed by atoms with E-state index in [1.54, 1.807) is 0 Å². The van der Waals surface area contributed by atoms with E-state index in [9.17, 15) is 31.5 Å². The smallest absolute Gasteiger partial charge is 0.296 e. The zero-order valence-corrected chi connectivity index (χ0v) is 13.9. The van der Waals surface area contributed by atoms with E-state index in [4.69, 9.17) is 0 Å². The summed E-state index contributed by atoms with van der Waals surface area (Å²) in [5.74, 6) is -3.11. The Morgan fingerprint density at radius 2 is 1.79 bits per heavy atom. The molecule has 0 spiro atoms. The molecular weight excluding hydrogens is 385 g/mol. The Kier molecular flexibility index (Phi) is 5.04. The number of hydrogen-bond acceptors (Lipinski definition) is 4. The lowest BCUT2D eigenvalue weighted by molar-refractivity contribution is -0.142. The van der Waals surface area contributed by atoms with Gasteiger partial charge in [0.15, 0.2) is 23.6 Å². The molecule has 0 radical (unpaired) electrons. The number of aldehydes is 1. The van der Waals surface area contributed by atoms with Gasteiger partial charge in [0.2, 0.25) is 0 Å². The molecule has 0 atom stereocenters. The molecule has 3 aromatic rings. The largest absolute Gasteiger partial charge is 0.433 e. The second-order valence-corrected chi connectivity index (χ2v) is 5.70. The minimum Gasteiger partial charge on any atom is -0.296 e. The highest BCUT2D eigenvalue weighted by Crippen LogP contribution is 2.31. The van der Waals surface area contributed by atoms with Gasteiger partial charge in [-0.25, -0.2) is 18.4 Å². The number of carbonyl (C=O) groups is 2. The summed E-state index contributed by atoms with van der Waals surface area (Å²) in [6.07, 6.45) is -3.92. The molecule has 144 valence electrons. The number of rotatable bonds is 5. The van der Waals surface area contributed by atoms with Crippen molar-refractivity contribution in [2.45, 2.75) is 12.6 Å². The van der Waals surface area contributed by atoms with E-state index in [2.05, 4.69) is 10.1 Å². The number of alkyl halides is 3. The molecule has 10 heteroatoms. The molecule has 0 saturated carbocycles. The first-order valence-electron chi connectivity index (χ1n) is 7.75. The van der Waals surface area contributed by atoms with Crippen molar-refractivity contribution < 1.29 is 31.5 Å². The Balaban J connectivity index is 1.88. The number of benzene rings is 1. The molecule has 5 nitrogen and oxygen atoms in total. The van der Waals surface area contributed by atoms with Crippen LogP contribution >= 0.6 is 0 Å². The summed E-state index contributed by atoms with van der Waals surface area (Å²) in [5.41, 5.74) is -2.09. The van der Waals surface area contributed by atoms with Crippen LogP contribution in [0.25, 0.3) is 5.82 Å². The minimum absolute atomic E-state index is 0.168. The van der Waals surface area contributed by atoms with Crippen molar-refractivity contribution in [1.29, 1.82) is 0 Å². The van der Waals surface area contributed by atoms with E-state index in [1.165, 1.54) is 6.07 Å². The Morgan fingerprint density at radius 1 is 1.11 bits per heavy atom. The molecule has 0 N–H and O–H groups in total. The molecule has 28 heavy (non-hydrogen) atoms. The number of aromatic nitrogens is 3. The fourth-order valence-corrected chi connectivity index (χ4v) is 2.52. The Hall–Kier alpha value is -3.43. The van der Waals surface area contributed by atoms with Gasteiger partial charge in [-0.05, 0) is 29.8 Å². The highest BCUT2D eigenvalue weighted by atomic mass is 19.4. The lowest BCUT2D eigenvalue weighted by atomic mass is 10.0. The maximum Gasteiger partial charge on any atom is 0.433 e. The average Bonchev–Trinajstić information content (AvgIpc) is 3.07. The third-order valence-electron chi connectivity index (χ3n) is 3.77. The zero-order chi connectivity index (χ0) is 20.5. The summed E-state index contributed by atoms with van der Waals surface area (Å²) in [4.78, 5) is 26.7. The van der Waals surface area contributed by atoms with Gasteiger partial charge in [0.05, 0.1) is 5.56 Å². The van der Waals surface area contributed by atoms with Crippen LogP contribution in [0.5, 0.6) is 0 Å². The monoisotopic (exact) mass is 395 g/mol. The number of pyridine rings is 1. The van der Waals surface area contributed by atoms with Crippen molar-refractivity contribution in [3.05, 3.63) is 76.7 Å².